The first-order chi connectivity index (χ1) is 8.52. The van der Waals surface area contributed by atoms with Crippen molar-refractivity contribution < 1.29 is 4.79 Å². The van der Waals surface area contributed by atoms with Gasteiger partial charge in [0, 0.05) is 15.7 Å². The van der Waals surface area contributed by atoms with E-state index in [1.165, 1.54) is 11.0 Å². The highest BCUT2D eigenvalue weighted by atomic mass is 35.5. The molecule has 0 fully saturated rings. The fourth-order valence-corrected chi connectivity index (χ4v) is 1.88. The molecule has 0 radical (unpaired) electrons. The van der Waals surface area contributed by atoms with Crippen molar-refractivity contribution in [3.63, 3.8) is 0 Å². The minimum atomic E-state index is -0.279. The second-order valence-electron chi connectivity index (χ2n) is 3.51. The lowest BCUT2D eigenvalue weighted by atomic mass is 10.3. The number of aromatic nitrogens is 3. The minimum Gasteiger partial charge on any atom is -0.367 e. The number of nitrogen functional groups attached to an aromatic ring is 1. The van der Waals surface area contributed by atoms with E-state index in [-0.39, 0.29) is 18.4 Å². The van der Waals surface area contributed by atoms with Gasteiger partial charge in [-0.3, -0.25) is 4.79 Å². The summed E-state index contributed by atoms with van der Waals surface area (Å²) in [6, 6.07) is 4.78. The van der Waals surface area contributed by atoms with E-state index in [0.717, 1.165) is 0 Å². The van der Waals surface area contributed by atoms with Crippen molar-refractivity contribution in [1.82, 2.24) is 14.8 Å². The van der Waals surface area contributed by atoms with Crippen LogP contribution in [0.3, 0.4) is 0 Å². The van der Waals surface area contributed by atoms with E-state index in [1.54, 1.807) is 18.2 Å². The van der Waals surface area contributed by atoms with Gasteiger partial charge in [-0.1, -0.05) is 23.2 Å². The molecule has 0 aliphatic heterocycles. The Bertz CT molecular complexity index is 563. The first-order valence-corrected chi connectivity index (χ1v) is 5.69. The molecule has 18 heavy (non-hydrogen) atoms. The zero-order chi connectivity index (χ0) is 13.1. The molecule has 0 aliphatic carbocycles. The average Bonchev–Trinajstić information content (AvgIpc) is 2.61. The summed E-state index contributed by atoms with van der Waals surface area (Å²) in [6.45, 7) is 0.00827. The summed E-state index contributed by atoms with van der Waals surface area (Å²) in [5.74, 6) is -0.160. The van der Waals surface area contributed by atoms with Crippen LogP contribution in [0.5, 0.6) is 0 Å². The molecule has 2 aromatic rings. The number of carbonyl (C=O) groups is 1. The Morgan fingerprint density at radius 2 is 2.00 bits per heavy atom. The lowest BCUT2D eigenvalue weighted by molar-refractivity contribution is -0.116. The molecule has 0 aliphatic rings. The van der Waals surface area contributed by atoms with Gasteiger partial charge in [0.1, 0.15) is 12.9 Å². The van der Waals surface area contributed by atoms with Gasteiger partial charge >= 0.3 is 0 Å². The number of nitrogens with one attached hydrogen (secondary N) is 1. The molecule has 0 saturated carbocycles. The molecule has 1 heterocycles. The number of nitrogens with two attached hydrogens (primary N) is 1. The zero-order valence-electron chi connectivity index (χ0n) is 9.10. The summed E-state index contributed by atoms with van der Waals surface area (Å²) in [5.41, 5.74) is 5.86. The maximum Gasteiger partial charge on any atom is 0.246 e. The van der Waals surface area contributed by atoms with E-state index in [1.807, 2.05) is 0 Å². The SMILES string of the molecule is Nc1ncn(CC(=O)Nc2cc(Cl)cc(Cl)c2)n1. The van der Waals surface area contributed by atoms with Crippen LogP contribution in [0.2, 0.25) is 10.0 Å². The summed E-state index contributed by atoms with van der Waals surface area (Å²) >= 11 is 11.6. The third-order valence-corrected chi connectivity index (χ3v) is 2.44. The van der Waals surface area contributed by atoms with Gasteiger partial charge in [0.25, 0.3) is 0 Å². The number of hydrogen-bond acceptors (Lipinski definition) is 4. The minimum absolute atomic E-state index is 0.00827. The van der Waals surface area contributed by atoms with E-state index >= 15 is 0 Å². The number of amides is 1. The highest BCUT2D eigenvalue weighted by Crippen LogP contribution is 2.22. The molecular formula is C10H9Cl2N5O. The second-order valence-corrected chi connectivity index (χ2v) is 4.38. The van der Waals surface area contributed by atoms with Crippen LogP contribution in [0.25, 0.3) is 0 Å². The van der Waals surface area contributed by atoms with Gasteiger partial charge in [0.05, 0.1) is 0 Å². The van der Waals surface area contributed by atoms with Crippen LogP contribution in [0.15, 0.2) is 24.5 Å². The van der Waals surface area contributed by atoms with Gasteiger partial charge in [-0.2, -0.15) is 0 Å². The molecular weight excluding hydrogens is 277 g/mol. The van der Waals surface area contributed by atoms with E-state index in [2.05, 4.69) is 15.4 Å². The first kappa shape index (κ1) is 12.7. The first-order valence-electron chi connectivity index (χ1n) is 4.94. The summed E-state index contributed by atoms with van der Waals surface area (Å²) in [5, 5.41) is 7.34. The number of nitrogens with zero attached hydrogens (tertiary/aromatic N) is 3. The summed E-state index contributed by atoms with van der Waals surface area (Å²) in [6.07, 6.45) is 1.37. The number of hydrogen-bond donors (Lipinski definition) is 2. The molecule has 3 N–H and O–H groups in total. The van der Waals surface area contributed by atoms with Gasteiger partial charge in [-0.25, -0.2) is 9.67 Å². The summed E-state index contributed by atoms with van der Waals surface area (Å²) in [4.78, 5) is 15.4. The van der Waals surface area contributed by atoms with Gasteiger partial charge in [-0.15, -0.1) is 5.10 Å². The van der Waals surface area contributed by atoms with Gasteiger partial charge in [-0.05, 0) is 18.2 Å². The van der Waals surface area contributed by atoms with E-state index in [0.29, 0.717) is 15.7 Å². The normalized spacial score (nSPS) is 10.3. The number of carbonyl (C=O) groups excluding carboxylic acids is 1. The van der Waals surface area contributed by atoms with Gasteiger partial charge in [0.15, 0.2) is 0 Å². The van der Waals surface area contributed by atoms with Crippen LogP contribution in [0.1, 0.15) is 0 Å². The number of benzene rings is 1. The molecule has 1 amide bonds. The Hall–Kier alpha value is -1.79. The number of anilines is 2. The largest absolute Gasteiger partial charge is 0.367 e. The Kier molecular flexibility index (Phi) is 3.69. The second kappa shape index (κ2) is 5.24. The van der Waals surface area contributed by atoms with Crippen molar-refractivity contribution >= 4 is 40.7 Å². The lowest BCUT2D eigenvalue weighted by Gasteiger charge is -2.06. The third-order valence-electron chi connectivity index (χ3n) is 2.01. The molecule has 0 saturated heterocycles. The number of rotatable bonds is 3. The topological polar surface area (TPSA) is 85.8 Å². The molecule has 94 valence electrons. The average molecular weight is 286 g/mol. The molecule has 1 aromatic heterocycles. The predicted molar refractivity (Wildman–Crippen MR) is 69.5 cm³/mol. The van der Waals surface area contributed by atoms with Crippen molar-refractivity contribution in [2.45, 2.75) is 6.54 Å². The van der Waals surface area contributed by atoms with E-state index < -0.39 is 0 Å². The Labute approximate surface area is 113 Å². The fourth-order valence-electron chi connectivity index (χ4n) is 1.36. The molecule has 6 nitrogen and oxygen atoms in total. The van der Waals surface area contributed by atoms with Crippen molar-refractivity contribution in [2.24, 2.45) is 0 Å². The van der Waals surface area contributed by atoms with Crippen LogP contribution in [-0.2, 0) is 11.3 Å². The molecule has 2 rings (SSSR count). The summed E-state index contributed by atoms with van der Waals surface area (Å²) in [7, 11) is 0. The Balaban J connectivity index is 2.02. The monoisotopic (exact) mass is 285 g/mol. The van der Waals surface area contributed by atoms with Crippen LogP contribution in [0.4, 0.5) is 11.6 Å². The van der Waals surface area contributed by atoms with Gasteiger partial charge in [0.2, 0.25) is 11.9 Å². The lowest BCUT2D eigenvalue weighted by Crippen LogP contribution is -2.19. The standard InChI is InChI=1S/C10H9Cl2N5O/c11-6-1-7(12)3-8(2-6)15-9(18)4-17-5-14-10(13)16-17/h1-3,5H,4H2,(H2,13,16)(H,15,18). The van der Waals surface area contributed by atoms with E-state index in [9.17, 15) is 4.79 Å². The predicted octanol–water partition coefficient (Wildman–Crippen LogP) is 1.81. The smallest absolute Gasteiger partial charge is 0.246 e. The van der Waals surface area contributed by atoms with Crippen molar-refractivity contribution in [3.8, 4) is 0 Å². The Morgan fingerprint density at radius 3 is 2.56 bits per heavy atom. The molecule has 0 bridgehead atoms. The Morgan fingerprint density at radius 1 is 1.33 bits per heavy atom. The van der Waals surface area contributed by atoms with Crippen LogP contribution < -0.4 is 11.1 Å². The maximum absolute atomic E-state index is 11.7. The molecule has 8 heteroatoms. The highest BCUT2D eigenvalue weighted by Gasteiger charge is 2.06. The van der Waals surface area contributed by atoms with E-state index in [4.69, 9.17) is 28.9 Å². The fraction of sp³-hybridized carbons (Fsp3) is 0.100. The van der Waals surface area contributed by atoms with Crippen molar-refractivity contribution in [3.05, 3.63) is 34.6 Å². The van der Waals surface area contributed by atoms with Crippen LogP contribution >= 0.6 is 23.2 Å². The van der Waals surface area contributed by atoms with Crippen molar-refractivity contribution in [2.75, 3.05) is 11.1 Å². The molecule has 1 aromatic carbocycles. The van der Waals surface area contributed by atoms with Crippen LogP contribution in [0, 0.1) is 0 Å². The molecule has 0 spiro atoms. The van der Waals surface area contributed by atoms with Crippen molar-refractivity contribution in [1.29, 1.82) is 0 Å². The molecule has 0 unspecified atom stereocenters. The quantitative estimate of drug-likeness (QED) is 0.901. The molecule has 0 atom stereocenters. The maximum atomic E-state index is 11.7. The number of halogens is 2. The third kappa shape index (κ3) is 3.35. The van der Waals surface area contributed by atoms with Crippen LogP contribution in [-0.4, -0.2) is 20.7 Å². The highest BCUT2D eigenvalue weighted by molar-refractivity contribution is 6.35. The summed E-state index contributed by atoms with van der Waals surface area (Å²) < 4.78 is 1.33. The van der Waals surface area contributed by atoms with Gasteiger partial charge < -0.3 is 11.1 Å². The zero-order valence-corrected chi connectivity index (χ0v) is 10.6.